The lowest BCUT2D eigenvalue weighted by atomic mass is 9.86. The highest BCUT2D eigenvalue weighted by Crippen LogP contribution is 2.40. The van der Waals surface area contributed by atoms with Crippen molar-refractivity contribution in [2.75, 3.05) is 7.11 Å². The second-order valence-electron chi connectivity index (χ2n) is 6.27. The molecule has 1 atom stereocenters. The quantitative estimate of drug-likeness (QED) is 0.539. The number of allylic oxidation sites excluding steroid dienone is 1. The van der Waals surface area contributed by atoms with Crippen LogP contribution in [0.4, 0.5) is 0 Å². The Morgan fingerprint density at radius 2 is 1.96 bits per heavy atom. The van der Waals surface area contributed by atoms with E-state index in [2.05, 4.69) is 79.3 Å². The molecule has 3 heteroatoms. The van der Waals surface area contributed by atoms with E-state index >= 15 is 0 Å². The SMILES string of the molecule is C/C=C/CC1(CC)C=C(c2ccccc2)c2ccc(OC)cc2SN1. The Morgan fingerprint density at radius 1 is 1.16 bits per heavy atom. The molecule has 0 aliphatic carbocycles. The van der Waals surface area contributed by atoms with Crippen molar-refractivity contribution in [3.05, 3.63) is 77.9 Å². The summed E-state index contributed by atoms with van der Waals surface area (Å²) in [5, 5.41) is 0. The van der Waals surface area contributed by atoms with Gasteiger partial charge in [0.1, 0.15) is 5.75 Å². The summed E-state index contributed by atoms with van der Waals surface area (Å²) in [7, 11) is 1.72. The minimum absolute atomic E-state index is 0.0748. The van der Waals surface area contributed by atoms with Crippen molar-refractivity contribution in [1.29, 1.82) is 0 Å². The Hall–Kier alpha value is -1.97. The minimum atomic E-state index is -0.0748. The van der Waals surface area contributed by atoms with Gasteiger partial charge in [0.15, 0.2) is 0 Å². The Morgan fingerprint density at radius 3 is 2.64 bits per heavy atom. The molecule has 1 aliphatic rings. The van der Waals surface area contributed by atoms with E-state index in [1.54, 1.807) is 19.1 Å². The molecule has 1 N–H and O–H groups in total. The lowest BCUT2D eigenvalue weighted by Gasteiger charge is -2.28. The molecule has 1 heterocycles. The van der Waals surface area contributed by atoms with Gasteiger partial charge < -0.3 is 4.74 Å². The number of fused-ring (bicyclic) bond motifs is 1. The number of nitrogens with one attached hydrogen (secondary N) is 1. The van der Waals surface area contributed by atoms with E-state index < -0.39 is 0 Å². The van der Waals surface area contributed by atoms with Crippen LogP contribution in [0.15, 0.2) is 71.7 Å². The van der Waals surface area contributed by atoms with Crippen LogP contribution < -0.4 is 9.46 Å². The molecular formula is C22H25NOS. The van der Waals surface area contributed by atoms with Crippen LogP contribution in [0.1, 0.15) is 37.8 Å². The average molecular weight is 352 g/mol. The van der Waals surface area contributed by atoms with Gasteiger partial charge in [-0.05, 0) is 66.6 Å². The van der Waals surface area contributed by atoms with Crippen molar-refractivity contribution in [2.45, 2.75) is 37.1 Å². The predicted molar refractivity (Wildman–Crippen MR) is 108 cm³/mol. The maximum absolute atomic E-state index is 5.43. The number of hydrogen-bond acceptors (Lipinski definition) is 3. The molecule has 2 aromatic carbocycles. The summed E-state index contributed by atoms with van der Waals surface area (Å²) in [4.78, 5) is 1.20. The Kier molecular flexibility index (Phi) is 5.67. The standard InChI is InChI=1S/C22H25NOS/c1-4-6-14-22(5-2)16-20(17-10-8-7-9-11-17)19-13-12-18(24-3)15-21(19)25-23-22/h4,6-13,15-16,23H,5,14H2,1-3H3/b6-4+. The number of methoxy groups -OCH3 is 1. The van der Waals surface area contributed by atoms with Gasteiger partial charge in [0.25, 0.3) is 0 Å². The molecule has 0 saturated heterocycles. The molecule has 0 amide bonds. The Bertz CT molecular complexity index is 782. The zero-order valence-electron chi connectivity index (χ0n) is 15.1. The summed E-state index contributed by atoms with van der Waals surface area (Å²) in [6, 6.07) is 17.0. The van der Waals surface area contributed by atoms with Gasteiger partial charge in [-0.15, -0.1) is 0 Å². The van der Waals surface area contributed by atoms with Crippen LogP contribution in [0, 0.1) is 0 Å². The van der Waals surface area contributed by atoms with Crippen LogP contribution in [0.2, 0.25) is 0 Å². The molecular weight excluding hydrogens is 326 g/mol. The summed E-state index contributed by atoms with van der Waals surface area (Å²) < 4.78 is 9.15. The van der Waals surface area contributed by atoms with Crippen molar-refractivity contribution < 1.29 is 4.74 Å². The van der Waals surface area contributed by atoms with Crippen LogP contribution in [-0.4, -0.2) is 12.6 Å². The zero-order valence-corrected chi connectivity index (χ0v) is 15.9. The van der Waals surface area contributed by atoms with Crippen LogP contribution >= 0.6 is 11.9 Å². The molecule has 1 aliphatic heterocycles. The van der Waals surface area contributed by atoms with Gasteiger partial charge >= 0.3 is 0 Å². The van der Waals surface area contributed by atoms with E-state index in [4.69, 9.17) is 4.74 Å². The van der Waals surface area contributed by atoms with Gasteiger partial charge in [-0.3, -0.25) is 0 Å². The zero-order chi connectivity index (χ0) is 17.7. The maximum atomic E-state index is 5.43. The normalized spacial score (nSPS) is 20.0. The summed E-state index contributed by atoms with van der Waals surface area (Å²) in [6.07, 6.45) is 8.77. The summed E-state index contributed by atoms with van der Waals surface area (Å²) in [5.74, 6) is 0.887. The van der Waals surface area contributed by atoms with Gasteiger partial charge in [-0.25, -0.2) is 4.72 Å². The third-order valence-corrected chi connectivity index (χ3v) is 5.76. The Balaban J connectivity index is 2.16. The van der Waals surface area contributed by atoms with Gasteiger partial charge in [0.2, 0.25) is 0 Å². The van der Waals surface area contributed by atoms with Gasteiger partial charge in [0, 0.05) is 4.90 Å². The average Bonchev–Trinajstić information content (AvgIpc) is 2.84. The number of ether oxygens (including phenoxy) is 1. The Labute approximate surface area is 155 Å². The van der Waals surface area contributed by atoms with Crippen LogP contribution in [0.5, 0.6) is 5.75 Å². The third kappa shape index (κ3) is 3.83. The van der Waals surface area contributed by atoms with Crippen molar-refractivity contribution >= 4 is 17.5 Å². The monoisotopic (exact) mass is 351 g/mol. The first-order valence-electron chi connectivity index (χ1n) is 8.73. The molecule has 0 bridgehead atoms. The van der Waals surface area contributed by atoms with Gasteiger partial charge in [-0.2, -0.15) is 0 Å². The highest BCUT2D eigenvalue weighted by Gasteiger charge is 2.29. The van der Waals surface area contributed by atoms with Crippen molar-refractivity contribution in [3.8, 4) is 5.75 Å². The molecule has 2 aromatic rings. The summed E-state index contributed by atoms with van der Waals surface area (Å²) in [6.45, 7) is 4.32. The van der Waals surface area contributed by atoms with E-state index in [0.717, 1.165) is 18.6 Å². The number of hydrogen-bond donors (Lipinski definition) is 1. The first-order valence-corrected chi connectivity index (χ1v) is 9.55. The largest absolute Gasteiger partial charge is 0.497 e. The van der Waals surface area contributed by atoms with Gasteiger partial charge in [0.05, 0.1) is 12.6 Å². The summed E-state index contributed by atoms with van der Waals surface area (Å²) >= 11 is 1.70. The highest BCUT2D eigenvalue weighted by molar-refractivity contribution is 7.97. The molecule has 0 spiro atoms. The van der Waals surface area contributed by atoms with E-state index in [1.807, 2.05) is 6.07 Å². The molecule has 0 radical (unpaired) electrons. The molecule has 0 aromatic heterocycles. The summed E-state index contributed by atoms with van der Waals surface area (Å²) in [5.41, 5.74) is 3.70. The van der Waals surface area contributed by atoms with Crippen molar-refractivity contribution in [3.63, 3.8) is 0 Å². The molecule has 25 heavy (non-hydrogen) atoms. The maximum Gasteiger partial charge on any atom is 0.120 e. The van der Waals surface area contributed by atoms with E-state index in [0.29, 0.717) is 0 Å². The third-order valence-electron chi connectivity index (χ3n) is 4.70. The van der Waals surface area contributed by atoms with E-state index in [9.17, 15) is 0 Å². The molecule has 0 saturated carbocycles. The molecule has 130 valence electrons. The van der Waals surface area contributed by atoms with Crippen LogP contribution in [0.3, 0.4) is 0 Å². The lowest BCUT2D eigenvalue weighted by molar-refractivity contribution is 0.413. The minimum Gasteiger partial charge on any atom is -0.497 e. The first kappa shape index (κ1) is 17.8. The van der Waals surface area contributed by atoms with Crippen molar-refractivity contribution in [2.24, 2.45) is 0 Å². The smallest absolute Gasteiger partial charge is 0.120 e. The molecule has 0 fully saturated rings. The fourth-order valence-corrected chi connectivity index (χ4v) is 4.14. The highest BCUT2D eigenvalue weighted by atomic mass is 32.2. The second-order valence-corrected chi connectivity index (χ2v) is 7.12. The number of benzene rings is 2. The fraction of sp³-hybridized carbons (Fsp3) is 0.273. The van der Waals surface area contributed by atoms with Crippen LogP contribution in [0.25, 0.3) is 5.57 Å². The first-order chi connectivity index (χ1) is 12.2. The van der Waals surface area contributed by atoms with Crippen molar-refractivity contribution in [1.82, 2.24) is 4.72 Å². The lowest BCUT2D eigenvalue weighted by Crippen LogP contribution is -2.37. The molecule has 2 nitrogen and oxygen atoms in total. The van der Waals surface area contributed by atoms with Crippen LogP contribution in [-0.2, 0) is 0 Å². The number of rotatable bonds is 5. The van der Waals surface area contributed by atoms with Gasteiger partial charge in [-0.1, -0.05) is 55.5 Å². The second kappa shape index (κ2) is 7.94. The predicted octanol–water partition coefficient (Wildman–Crippen LogP) is 5.85. The molecule has 3 rings (SSSR count). The van der Waals surface area contributed by atoms with E-state index in [1.165, 1.54) is 21.6 Å². The fourth-order valence-electron chi connectivity index (χ4n) is 3.08. The topological polar surface area (TPSA) is 21.3 Å². The molecule has 1 unspecified atom stereocenters. The van der Waals surface area contributed by atoms with E-state index in [-0.39, 0.29) is 5.54 Å².